The van der Waals surface area contributed by atoms with Gasteiger partial charge in [-0.2, -0.15) is 0 Å². The van der Waals surface area contributed by atoms with Crippen molar-refractivity contribution in [1.82, 2.24) is 10.0 Å². The summed E-state index contributed by atoms with van der Waals surface area (Å²) in [6.45, 7) is 7.44. The number of esters is 1. The molecule has 3 amide bonds. The van der Waals surface area contributed by atoms with Crippen LogP contribution in [0.2, 0.25) is 0 Å². The minimum atomic E-state index is -1.62. The number of hydrazine groups is 1. The molecule has 0 N–H and O–H groups in total. The summed E-state index contributed by atoms with van der Waals surface area (Å²) in [6, 6.07) is 12.5. The smallest absolute Gasteiger partial charge is 0.421 e. The summed E-state index contributed by atoms with van der Waals surface area (Å²) in [7, 11) is 1.23. The Hall–Kier alpha value is -3.72. The Balaban J connectivity index is 1.80. The molecule has 0 aromatic heterocycles. The van der Waals surface area contributed by atoms with Crippen LogP contribution in [0.5, 0.6) is 0 Å². The van der Waals surface area contributed by atoms with Crippen LogP contribution < -0.4 is 4.90 Å². The number of carbonyl (C=O) groups excluding carboxylic acids is 4. The topological polar surface area (TPSA) is 96.5 Å². The molecule has 9 heteroatoms. The number of amides is 3. The van der Waals surface area contributed by atoms with Crippen LogP contribution >= 0.6 is 0 Å². The van der Waals surface area contributed by atoms with Gasteiger partial charge in [0, 0.05) is 13.0 Å². The summed E-state index contributed by atoms with van der Waals surface area (Å²) in [4.78, 5) is 55.5. The molecular weight excluding hydrogens is 462 g/mol. The molecule has 3 atom stereocenters. The van der Waals surface area contributed by atoms with E-state index < -0.39 is 41.1 Å². The Morgan fingerprint density at radius 1 is 1.03 bits per heavy atom. The van der Waals surface area contributed by atoms with Gasteiger partial charge < -0.3 is 9.47 Å². The Bertz CT molecular complexity index is 1270. The fourth-order valence-electron chi connectivity index (χ4n) is 5.73. The molecule has 2 saturated heterocycles. The van der Waals surface area contributed by atoms with Gasteiger partial charge in [-0.3, -0.25) is 14.6 Å². The number of benzene rings is 2. The minimum Gasteiger partial charge on any atom is -0.467 e. The van der Waals surface area contributed by atoms with Crippen LogP contribution in [-0.2, 0) is 29.3 Å². The van der Waals surface area contributed by atoms with Crippen molar-refractivity contribution in [2.45, 2.75) is 57.2 Å². The second-order valence-corrected chi connectivity index (χ2v) is 10.4. The predicted molar refractivity (Wildman–Crippen MR) is 130 cm³/mol. The highest BCUT2D eigenvalue weighted by molar-refractivity contribution is 6.23. The predicted octanol–water partition coefficient (Wildman–Crippen LogP) is 3.26. The van der Waals surface area contributed by atoms with Crippen molar-refractivity contribution >= 4 is 29.6 Å². The zero-order valence-electron chi connectivity index (χ0n) is 21.0. The van der Waals surface area contributed by atoms with Gasteiger partial charge in [0.1, 0.15) is 11.0 Å². The lowest BCUT2D eigenvalue weighted by atomic mass is 9.68. The van der Waals surface area contributed by atoms with Gasteiger partial charge >= 0.3 is 12.1 Å². The Labute approximate surface area is 209 Å². The summed E-state index contributed by atoms with van der Waals surface area (Å²) in [5, 5.41) is 3.14. The average Bonchev–Trinajstić information content (AvgIpc) is 3.42. The lowest BCUT2D eigenvalue weighted by Gasteiger charge is -2.34. The summed E-state index contributed by atoms with van der Waals surface area (Å²) >= 11 is 0. The number of imide groups is 1. The second-order valence-electron chi connectivity index (χ2n) is 10.4. The summed E-state index contributed by atoms with van der Waals surface area (Å²) in [6.07, 6.45) is -0.631. The van der Waals surface area contributed by atoms with Crippen LogP contribution in [0.25, 0.3) is 0 Å². The van der Waals surface area contributed by atoms with E-state index in [1.165, 1.54) is 12.1 Å². The van der Waals surface area contributed by atoms with Crippen LogP contribution in [0, 0.1) is 6.92 Å². The third-order valence-corrected chi connectivity index (χ3v) is 7.03. The van der Waals surface area contributed by atoms with Crippen LogP contribution in [0.3, 0.4) is 0 Å². The second kappa shape index (κ2) is 8.16. The molecule has 5 rings (SSSR count). The van der Waals surface area contributed by atoms with Crippen molar-refractivity contribution in [1.29, 1.82) is 0 Å². The van der Waals surface area contributed by atoms with Crippen LogP contribution in [-0.4, -0.2) is 59.2 Å². The highest BCUT2D eigenvalue weighted by atomic mass is 16.6. The normalized spacial score (nSPS) is 25.4. The number of nitrogens with zero attached hydrogens (tertiary/aromatic N) is 3. The van der Waals surface area contributed by atoms with E-state index in [9.17, 15) is 19.2 Å². The van der Waals surface area contributed by atoms with Crippen molar-refractivity contribution in [3.05, 3.63) is 65.2 Å². The molecule has 2 aromatic rings. The summed E-state index contributed by atoms with van der Waals surface area (Å²) < 4.78 is 10.8. The monoisotopic (exact) mass is 491 g/mol. The van der Waals surface area contributed by atoms with Crippen LogP contribution in [0.15, 0.2) is 48.5 Å². The van der Waals surface area contributed by atoms with Gasteiger partial charge in [0.05, 0.1) is 18.8 Å². The van der Waals surface area contributed by atoms with E-state index in [4.69, 9.17) is 9.47 Å². The van der Waals surface area contributed by atoms with Crippen LogP contribution in [0.1, 0.15) is 49.9 Å². The molecule has 9 nitrogen and oxygen atoms in total. The molecule has 0 radical (unpaired) electrons. The number of para-hydroxylation sites is 1. The van der Waals surface area contributed by atoms with E-state index in [-0.39, 0.29) is 12.3 Å². The van der Waals surface area contributed by atoms with Crippen molar-refractivity contribution in [3.63, 3.8) is 0 Å². The number of carbonyl (C=O) groups is 4. The fourth-order valence-corrected chi connectivity index (χ4v) is 5.73. The largest absolute Gasteiger partial charge is 0.467 e. The molecule has 2 aromatic carbocycles. The molecule has 2 fully saturated rings. The van der Waals surface area contributed by atoms with Gasteiger partial charge in [0.25, 0.3) is 5.91 Å². The SMILES string of the molecule is COC(=O)[C@H]1N2C(=O)CCN2[C@@H](c2ccc(C)cc2)C12C(=O)N(C(=O)OC(C)(C)C)c1ccccc12. The van der Waals surface area contributed by atoms with Crippen LogP contribution in [0.4, 0.5) is 10.5 Å². The third-order valence-electron chi connectivity index (χ3n) is 7.03. The Morgan fingerprint density at radius 3 is 2.33 bits per heavy atom. The first-order valence-corrected chi connectivity index (χ1v) is 11.9. The van der Waals surface area contributed by atoms with Crippen molar-refractivity contribution in [2.24, 2.45) is 0 Å². The molecule has 0 saturated carbocycles. The van der Waals surface area contributed by atoms with E-state index in [1.54, 1.807) is 50.0 Å². The lowest BCUT2D eigenvalue weighted by Crippen LogP contribution is -2.57. The number of methoxy groups -OCH3 is 1. The summed E-state index contributed by atoms with van der Waals surface area (Å²) in [5.74, 6) is -1.62. The first-order chi connectivity index (χ1) is 17.0. The molecular formula is C27H29N3O6. The molecule has 3 aliphatic heterocycles. The number of fused-ring (bicyclic) bond motifs is 3. The molecule has 0 aliphatic carbocycles. The Morgan fingerprint density at radius 2 is 1.69 bits per heavy atom. The Kier molecular flexibility index (Phi) is 5.44. The van der Waals surface area contributed by atoms with E-state index in [0.29, 0.717) is 17.8 Å². The van der Waals surface area contributed by atoms with Gasteiger partial charge in [-0.1, -0.05) is 48.0 Å². The van der Waals surface area contributed by atoms with Gasteiger partial charge in [-0.05, 0) is 44.9 Å². The minimum absolute atomic E-state index is 0.206. The maximum atomic E-state index is 14.6. The number of anilines is 1. The third kappa shape index (κ3) is 3.26. The lowest BCUT2D eigenvalue weighted by molar-refractivity contribution is -0.158. The zero-order chi connectivity index (χ0) is 26.0. The molecule has 36 heavy (non-hydrogen) atoms. The molecule has 0 bridgehead atoms. The highest BCUT2D eigenvalue weighted by Crippen LogP contribution is 2.60. The number of aryl methyl sites for hydroxylation is 1. The summed E-state index contributed by atoms with van der Waals surface area (Å²) in [5.41, 5.74) is 0.113. The fraction of sp³-hybridized carbons (Fsp3) is 0.407. The van der Waals surface area contributed by atoms with Crippen molar-refractivity contribution < 1.29 is 28.7 Å². The number of ether oxygens (including phenoxy) is 2. The van der Waals surface area contributed by atoms with Gasteiger partial charge in [0.15, 0.2) is 6.04 Å². The maximum Gasteiger partial charge on any atom is 0.421 e. The maximum absolute atomic E-state index is 14.6. The molecule has 1 unspecified atom stereocenters. The van der Waals surface area contributed by atoms with Crippen molar-refractivity contribution in [3.8, 4) is 0 Å². The first-order valence-electron chi connectivity index (χ1n) is 11.9. The van der Waals surface area contributed by atoms with E-state index in [0.717, 1.165) is 16.0 Å². The number of hydrogen-bond donors (Lipinski definition) is 0. The molecule has 188 valence electrons. The van der Waals surface area contributed by atoms with E-state index in [2.05, 4.69) is 0 Å². The van der Waals surface area contributed by atoms with Crippen molar-refractivity contribution in [2.75, 3.05) is 18.6 Å². The van der Waals surface area contributed by atoms with Gasteiger partial charge in [-0.15, -0.1) is 0 Å². The number of hydrogen-bond acceptors (Lipinski definition) is 7. The number of rotatable bonds is 2. The molecule has 3 aliphatic rings. The zero-order valence-corrected chi connectivity index (χ0v) is 21.0. The highest BCUT2D eigenvalue weighted by Gasteiger charge is 2.74. The first kappa shape index (κ1) is 24.0. The van der Waals surface area contributed by atoms with Gasteiger partial charge in [0.2, 0.25) is 5.91 Å². The van der Waals surface area contributed by atoms with E-state index in [1.807, 2.05) is 31.2 Å². The average molecular weight is 492 g/mol. The molecule has 1 spiro atoms. The van der Waals surface area contributed by atoms with E-state index >= 15 is 0 Å². The standard InChI is InChI=1S/C27H29N3O6/c1-16-10-12-17(13-11-16)21-27(22(23(32)35-5)30-20(31)14-15-28(21)30)18-8-6-7-9-19(18)29(24(27)33)25(34)36-26(2,3)4/h6-13,21-22H,14-15H2,1-5H3/t21-,22+,27?/m0/s1. The van der Waals surface area contributed by atoms with Gasteiger partial charge in [-0.25, -0.2) is 19.5 Å². The molecule has 3 heterocycles. The quantitative estimate of drug-likeness (QED) is 0.595.